The van der Waals surface area contributed by atoms with Crippen molar-refractivity contribution in [2.45, 2.75) is 19.4 Å². The molecule has 1 N–H and O–H groups in total. The fraction of sp³-hybridized carbons (Fsp3) is 0.200. The van der Waals surface area contributed by atoms with E-state index in [2.05, 4.69) is 31.9 Å². The van der Waals surface area contributed by atoms with Crippen molar-refractivity contribution in [2.24, 2.45) is 0 Å². The van der Waals surface area contributed by atoms with Crippen LogP contribution in [0.25, 0.3) is 0 Å². The summed E-state index contributed by atoms with van der Waals surface area (Å²) in [7, 11) is 0. The van der Waals surface area contributed by atoms with Gasteiger partial charge in [-0.15, -0.1) is 0 Å². The van der Waals surface area contributed by atoms with Crippen LogP contribution in [0, 0.1) is 6.92 Å². The summed E-state index contributed by atoms with van der Waals surface area (Å²) in [5, 5.41) is 10.4. The molecule has 0 aliphatic rings. The molecular formula is C15H14Br2O. The molecule has 0 radical (unpaired) electrons. The van der Waals surface area contributed by atoms with Crippen molar-refractivity contribution in [1.29, 1.82) is 0 Å². The van der Waals surface area contributed by atoms with Gasteiger partial charge in [-0.05, 0) is 29.7 Å². The van der Waals surface area contributed by atoms with Gasteiger partial charge in [-0.1, -0.05) is 68.3 Å². The molecule has 1 atom stereocenters. The fourth-order valence-corrected chi connectivity index (χ4v) is 2.88. The molecule has 2 aromatic carbocycles. The molecule has 0 saturated carbocycles. The first-order chi connectivity index (χ1) is 8.59. The van der Waals surface area contributed by atoms with Crippen LogP contribution in [-0.4, -0.2) is 5.11 Å². The summed E-state index contributed by atoms with van der Waals surface area (Å²) in [5.41, 5.74) is 3.18. The van der Waals surface area contributed by atoms with E-state index in [1.165, 1.54) is 0 Å². The van der Waals surface area contributed by atoms with E-state index < -0.39 is 6.10 Å². The molecule has 2 rings (SSSR count). The molecular weight excluding hydrogens is 356 g/mol. The van der Waals surface area contributed by atoms with Gasteiger partial charge >= 0.3 is 0 Å². The first kappa shape index (κ1) is 13.8. The summed E-state index contributed by atoms with van der Waals surface area (Å²) in [4.78, 5) is 0. The molecule has 1 unspecified atom stereocenters. The van der Waals surface area contributed by atoms with Gasteiger partial charge in [0, 0.05) is 15.4 Å². The van der Waals surface area contributed by atoms with Gasteiger partial charge in [0.05, 0.1) is 6.10 Å². The van der Waals surface area contributed by atoms with Crippen molar-refractivity contribution in [3.63, 3.8) is 0 Å². The summed E-state index contributed by atoms with van der Waals surface area (Å²) in [5.74, 6) is 0. The van der Waals surface area contributed by atoms with E-state index in [9.17, 15) is 5.11 Å². The molecule has 0 spiro atoms. The molecule has 0 aliphatic carbocycles. The van der Waals surface area contributed by atoms with Gasteiger partial charge in [0.25, 0.3) is 0 Å². The molecule has 0 fully saturated rings. The van der Waals surface area contributed by atoms with E-state index in [0.29, 0.717) is 6.42 Å². The van der Waals surface area contributed by atoms with E-state index in [4.69, 9.17) is 0 Å². The number of halogens is 2. The zero-order valence-electron chi connectivity index (χ0n) is 10.0. The third-order valence-corrected chi connectivity index (χ3v) is 4.81. The van der Waals surface area contributed by atoms with Crippen molar-refractivity contribution in [2.75, 3.05) is 0 Å². The highest BCUT2D eigenvalue weighted by Crippen LogP contribution is 2.30. The minimum Gasteiger partial charge on any atom is -0.388 e. The minimum atomic E-state index is -0.502. The highest BCUT2D eigenvalue weighted by molar-refractivity contribution is 9.10. The number of aliphatic hydroxyl groups is 1. The molecule has 0 aromatic heterocycles. The van der Waals surface area contributed by atoms with E-state index in [0.717, 1.165) is 25.6 Å². The topological polar surface area (TPSA) is 20.2 Å². The number of aryl methyl sites for hydroxylation is 1. The van der Waals surface area contributed by atoms with Gasteiger partial charge in [0.2, 0.25) is 0 Å². The fourth-order valence-electron chi connectivity index (χ4n) is 1.91. The van der Waals surface area contributed by atoms with Crippen molar-refractivity contribution in [1.82, 2.24) is 0 Å². The second kappa shape index (κ2) is 6.00. The largest absolute Gasteiger partial charge is 0.388 e. The summed E-state index contributed by atoms with van der Waals surface area (Å²) in [6, 6.07) is 13.9. The SMILES string of the molecule is Cc1cccc(C(O)Cc2ccccc2Br)c1Br. The number of rotatable bonds is 3. The van der Waals surface area contributed by atoms with E-state index in [-0.39, 0.29) is 0 Å². The summed E-state index contributed by atoms with van der Waals surface area (Å²) in [6.07, 6.45) is 0.0988. The Balaban J connectivity index is 2.25. The molecule has 18 heavy (non-hydrogen) atoms. The van der Waals surface area contributed by atoms with Gasteiger partial charge in [0.15, 0.2) is 0 Å². The van der Waals surface area contributed by atoms with Crippen LogP contribution >= 0.6 is 31.9 Å². The molecule has 0 aliphatic heterocycles. The second-order valence-corrected chi connectivity index (χ2v) is 5.94. The quantitative estimate of drug-likeness (QED) is 0.824. The first-order valence-corrected chi connectivity index (χ1v) is 7.34. The Morgan fingerprint density at radius 3 is 2.50 bits per heavy atom. The molecule has 94 valence electrons. The maximum absolute atomic E-state index is 10.4. The average Bonchev–Trinajstić information content (AvgIpc) is 2.35. The highest BCUT2D eigenvalue weighted by atomic mass is 79.9. The van der Waals surface area contributed by atoms with Crippen LogP contribution < -0.4 is 0 Å². The summed E-state index contributed by atoms with van der Waals surface area (Å²) in [6.45, 7) is 2.03. The lowest BCUT2D eigenvalue weighted by molar-refractivity contribution is 0.177. The van der Waals surface area contributed by atoms with Crippen molar-refractivity contribution < 1.29 is 5.11 Å². The van der Waals surface area contributed by atoms with Crippen molar-refractivity contribution >= 4 is 31.9 Å². The molecule has 1 nitrogen and oxygen atoms in total. The lowest BCUT2D eigenvalue weighted by Crippen LogP contribution is -2.04. The average molecular weight is 370 g/mol. The van der Waals surface area contributed by atoms with E-state index in [1.807, 2.05) is 49.4 Å². The highest BCUT2D eigenvalue weighted by Gasteiger charge is 2.14. The maximum atomic E-state index is 10.4. The van der Waals surface area contributed by atoms with E-state index >= 15 is 0 Å². The molecule has 0 amide bonds. The Kier molecular flexibility index (Phi) is 4.60. The minimum absolute atomic E-state index is 0.502. The molecule has 0 bridgehead atoms. The van der Waals surface area contributed by atoms with Crippen LogP contribution in [0.1, 0.15) is 22.8 Å². The Bertz CT molecular complexity index is 552. The van der Waals surface area contributed by atoms with Gasteiger partial charge in [-0.3, -0.25) is 0 Å². The van der Waals surface area contributed by atoms with Gasteiger partial charge in [-0.2, -0.15) is 0 Å². The normalized spacial score (nSPS) is 12.4. The predicted octanol–water partition coefficient (Wildman–Crippen LogP) is 4.80. The molecule has 2 aromatic rings. The monoisotopic (exact) mass is 368 g/mol. The van der Waals surface area contributed by atoms with E-state index in [1.54, 1.807) is 0 Å². The van der Waals surface area contributed by atoms with Gasteiger partial charge in [0.1, 0.15) is 0 Å². The third kappa shape index (κ3) is 3.02. The second-order valence-electron chi connectivity index (χ2n) is 4.29. The summed E-state index contributed by atoms with van der Waals surface area (Å²) >= 11 is 7.05. The third-order valence-electron chi connectivity index (χ3n) is 2.95. The summed E-state index contributed by atoms with van der Waals surface area (Å²) < 4.78 is 2.03. The molecule has 3 heteroatoms. The number of hydrogen-bond acceptors (Lipinski definition) is 1. The maximum Gasteiger partial charge on any atom is 0.0841 e. The zero-order chi connectivity index (χ0) is 13.1. The predicted molar refractivity (Wildman–Crippen MR) is 81.7 cm³/mol. The molecule has 0 saturated heterocycles. The van der Waals surface area contributed by atoms with Crippen LogP contribution in [0.3, 0.4) is 0 Å². The standard InChI is InChI=1S/C15H14Br2O/c1-10-5-4-7-12(15(10)17)14(18)9-11-6-2-3-8-13(11)16/h2-8,14,18H,9H2,1H3. The van der Waals surface area contributed by atoms with Gasteiger partial charge in [-0.25, -0.2) is 0 Å². The first-order valence-electron chi connectivity index (χ1n) is 5.76. The number of benzene rings is 2. The Labute approximate surface area is 124 Å². The van der Waals surface area contributed by atoms with Crippen LogP contribution in [0.2, 0.25) is 0 Å². The van der Waals surface area contributed by atoms with Gasteiger partial charge < -0.3 is 5.11 Å². The lowest BCUT2D eigenvalue weighted by atomic mass is 10.00. The van der Waals surface area contributed by atoms with Crippen LogP contribution in [0.5, 0.6) is 0 Å². The van der Waals surface area contributed by atoms with Crippen LogP contribution in [0.15, 0.2) is 51.4 Å². The van der Waals surface area contributed by atoms with Crippen molar-refractivity contribution in [3.05, 3.63) is 68.1 Å². The smallest absolute Gasteiger partial charge is 0.0841 e. The van der Waals surface area contributed by atoms with Crippen LogP contribution in [0.4, 0.5) is 0 Å². The Morgan fingerprint density at radius 1 is 1.06 bits per heavy atom. The number of aliphatic hydroxyl groups excluding tert-OH is 1. The zero-order valence-corrected chi connectivity index (χ0v) is 13.2. The lowest BCUT2D eigenvalue weighted by Gasteiger charge is -2.15. The Morgan fingerprint density at radius 2 is 1.78 bits per heavy atom. The van der Waals surface area contributed by atoms with Crippen LogP contribution in [-0.2, 0) is 6.42 Å². The Hall–Kier alpha value is -0.640. The molecule has 0 heterocycles. The van der Waals surface area contributed by atoms with Crippen molar-refractivity contribution in [3.8, 4) is 0 Å². The number of hydrogen-bond donors (Lipinski definition) is 1.